The molecule has 0 saturated carbocycles. The smallest absolute Gasteiger partial charge is 0.407 e. The maximum atomic E-state index is 12.8. The molecule has 1 aliphatic heterocycles. The van der Waals surface area contributed by atoms with Crippen LogP contribution in [0.2, 0.25) is 0 Å². The lowest BCUT2D eigenvalue weighted by Gasteiger charge is -2.35. The predicted octanol–water partition coefficient (Wildman–Crippen LogP) is 2.07. The van der Waals surface area contributed by atoms with Crippen molar-refractivity contribution < 1.29 is 33.4 Å². The second-order valence-electron chi connectivity index (χ2n) is 12.9. The van der Waals surface area contributed by atoms with Crippen molar-refractivity contribution in [3.8, 4) is 0 Å². The number of nitrogens with one attached hydrogen (secondary N) is 1. The van der Waals surface area contributed by atoms with Gasteiger partial charge >= 0.3 is 18.0 Å². The van der Waals surface area contributed by atoms with Crippen molar-refractivity contribution in [1.29, 1.82) is 0 Å². The molecule has 1 rings (SSSR count). The van der Waals surface area contributed by atoms with E-state index < -0.39 is 28.9 Å². The first kappa shape index (κ1) is 33.8. The van der Waals surface area contributed by atoms with Crippen LogP contribution in [-0.4, -0.2) is 120 Å². The van der Waals surface area contributed by atoms with Gasteiger partial charge in [-0.15, -0.1) is 0 Å². The number of ketones is 1. The number of amides is 1. The Morgan fingerprint density at radius 2 is 1.16 bits per heavy atom. The molecule has 0 radical (unpaired) electrons. The van der Waals surface area contributed by atoms with E-state index >= 15 is 0 Å². The Morgan fingerprint density at radius 3 is 1.66 bits per heavy atom. The van der Waals surface area contributed by atoms with Crippen molar-refractivity contribution in [1.82, 2.24) is 20.0 Å². The van der Waals surface area contributed by atoms with Crippen molar-refractivity contribution >= 4 is 23.8 Å². The van der Waals surface area contributed by atoms with Gasteiger partial charge in [-0.3, -0.25) is 29.1 Å². The first-order chi connectivity index (χ1) is 17.2. The van der Waals surface area contributed by atoms with Gasteiger partial charge in [0.2, 0.25) is 0 Å². The van der Waals surface area contributed by atoms with Gasteiger partial charge in [0, 0.05) is 45.3 Å². The summed E-state index contributed by atoms with van der Waals surface area (Å²) < 4.78 is 16.5. The third-order valence-corrected chi connectivity index (χ3v) is 5.27. The zero-order valence-electron chi connectivity index (χ0n) is 25.1. The fourth-order valence-corrected chi connectivity index (χ4v) is 3.98. The molecular weight excluding hydrogens is 492 g/mol. The highest BCUT2D eigenvalue weighted by atomic mass is 16.6. The highest BCUT2D eigenvalue weighted by molar-refractivity contribution is 5.77. The first-order valence-electron chi connectivity index (χ1n) is 13.3. The lowest BCUT2D eigenvalue weighted by molar-refractivity contribution is -0.158. The molecule has 1 atom stereocenters. The average Bonchev–Trinajstić information content (AvgIpc) is 2.73. The van der Waals surface area contributed by atoms with Crippen molar-refractivity contribution in [3.63, 3.8) is 0 Å². The molecule has 0 aliphatic carbocycles. The molecule has 1 fully saturated rings. The minimum Gasteiger partial charge on any atom is -0.459 e. The lowest BCUT2D eigenvalue weighted by atomic mass is 10.2. The van der Waals surface area contributed by atoms with Crippen LogP contribution in [-0.2, 0) is 28.6 Å². The number of Topliss-reactive ketones (excluding diaryl/α,β-unsaturated/α-hetero) is 1. The standard InChI is InChI=1S/C27H50N4O7/c1-20(32)16-29-11-12-30(18-22(33)36-25(2,3)4)17-21(15-28-24(35)38-27(8,9)10)31(14-13-29)19-23(34)37-26(5,6)7/h21H,11-19H2,1-10H3,(H,28,35). The number of nitrogens with zero attached hydrogens (tertiary/aromatic N) is 3. The molecule has 11 heteroatoms. The topological polar surface area (TPSA) is 118 Å². The van der Waals surface area contributed by atoms with Crippen molar-refractivity contribution in [2.75, 3.05) is 58.9 Å². The van der Waals surface area contributed by atoms with Crippen LogP contribution < -0.4 is 5.32 Å². The lowest BCUT2D eigenvalue weighted by Crippen LogP contribution is -2.53. The molecule has 38 heavy (non-hydrogen) atoms. The minimum atomic E-state index is -0.658. The summed E-state index contributed by atoms with van der Waals surface area (Å²) in [5.74, 6) is -0.729. The molecule has 0 aromatic carbocycles. The fourth-order valence-electron chi connectivity index (χ4n) is 3.98. The maximum Gasteiger partial charge on any atom is 0.407 e. The Morgan fingerprint density at radius 1 is 0.684 bits per heavy atom. The molecule has 1 aliphatic rings. The van der Waals surface area contributed by atoms with Gasteiger partial charge in [0.1, 0.15) is 22.6 Å². The van der Waals surface area contributed by atoms with Crippen LogP contribution >= 0.6 is 0 Å². The van der Waals surface area contributed by atoms with Crippen LogP contribution in [0.3, 0.4) is 0 Å². The largest absolute Gasteiger partial charge is 0.459 e. The Balaban J connectivity index is 3.23. The molecule has 220 valence electrons. The van der Waals surface area contributed by atoms with E-state index in [1.807, 2.05) is 56.2 Å². The average molecular weight is 543 g/mol. The summed E-state index contributed by atoms with van der Waals surface area (Å²) in [6.45, 7) is 20.7. The Labute approximate surface area is 228 Å². The second-order valence-corrected chi connectivity index (χ2v) is 12.9. The Hall–Kier alpha value is -2.24. The summed E-state index contributed by atoms with van der Waals surface area (Å²) in [7, 11) is 0. The van der Waals surface area contributed by atoms with Crippen LogP contribution in [0.5, 0.6) is 0 Å². The molecule has 0 aromatic heterocycles. The number of hydrogen-bond acceptors (Lipinski definition) is 10. The Kier molecular flexibility index (Phi) is 12.7. The van der Waals surface area contributed by atoms with Gasteiger partial charge < -0.3 is 19.5 Å². The summed E-state index contributed by atoms with van der Waals surface area (Å²) >= 11 is 0. The van der Waals surface area contributed by atoms with Gasteiger partial charge in [-0.2, -0.15) is 0 Å². The van der Waals surface area contributed by atoms with Gasteiger partial charge in [0.15, 0.2) is 0 Å². The van der Waals surface area contributed by atoms with Gasteiger partial charge in [-0.1, -0.05) is 0 Å². The SMILES string of the molecule is CC(=O)CN1CCN(CC(=O)OC(C)(C)C)CC(CNC(=O)OC(C)(C)C)N(CC(=O)OC(C)(C)C)CC1. The summed E-state index contributed by atoms with van der Waals surface area (Å²) in [6, 6.07) is -0.338. The van der Waals surface area contributed by atoms with E-state index in [1.165, 1.54) is 6.92 Å². The zero-order valence-corrected chi connectivity index (χ0v) is 25.1. The molecule has 1 unspecified atom stereocenters. The van der Waals surface area contributed by atoms with E-state index in [9.17, 15) is 19.2 Å². The highest BCUT2D eigenvalue weighted by Gasteiger charge is 2.30. The predicted molar refractivity (Wildman–Crippen MR) is 145 cm³/mol. The van der Waals surface area contributed by atoms with Gasteiger partial charge in [0.25, 0.3) is 0 Å². The molecule has 11 nitrogen and oxygen atoms in total. The molecule has 0 bridgehead atoms. The number of ether oxygens (including phenoxy) is 3. The summed E-state index contributed by atoms with van der Waals surface area (Å²) in [4.78, 5) is 55.8. The van der Waals surface area contributed by atoms with Crippen LogP contribution in [0.25, 0.3) is 0 Å². The van der Waals surface area contributed by atoms with E-state index in [2.05, 4.69) is 5.32 Å². The maximum absolute atomic E-state index is 12.8. The molecular formula is C27H50N4O7. The van der Waals surface area contributed by atoms with Crippen LogP contribution in [0.15, 0.2) is 0 Å². The number of hydrogen-bond donors (Lipinski definition) is 1. The van der Waals surface area contributed by atoms with E-state index in [1.54, 1.807) is 20.8 Å². The van der Waals surface area contributed by atoms with E-state index in [4.69, 9.17) is 14.2 Å². The van der Waals surface area contributed by atoms with Gasteiger partial charge in [-0.25, -0.2) is 4.79 Å². The summed E-state index contributed by atoms with van der Waals surface area (Å²) in [5, 5.41) is 2.82. The number of alkyl carbamates (subject to hydrolysis) is 1. The van der Waals surface area contributed by atoms with E-state index in [0.29, 0.717) is 32.7 Å². The molecule has 0 spiro atoms. The van der Waals surface area contributed by atoms with Crippen LogP contribution in [0, 0.1) is 0 Å². The van der Waals surface area contributed by atoms with Crippen molar-refractivity contribution in [3.05, 3.63) is 0 Å². The minimum absolute atomic E-state index is 0.00781. The molecule has 1 N–H and O–H groups in total. The summed E-state index contributed by atoms with van der Waals surface area (Å²) in [6.07, 6.45) is -0.563. The molecule has 1 amide bonds. The van der Waals surface area contributed by atoms with E-state index in [0.717, 1.165) is 0 Å². The zero-order chi connectivity index (χ0) is 29.3. The van der Waals surface area contributed by atoms with Gasteiger partial charge in [-0.05, 0) is 69.2 Å². The number of rotatable bonds is 8. The first-order valence-corrected chi connectivity index (χ1v) is 13.3. The molecule has 1 saturated heterocycles. The Bertz CT molecular complexity index is 812. The monoisotopic (exact) mass is 542 g/mol. The normalized spacial score (nSPS) is 19.1. The third kappa shape index (κ3) is 15.9. The van der Waals surface area contributed by atoms with Crippen LogP contribution in [0.1, 0.15) is 69.2 Å². The highest BCUT2D eigenvalue weighted by Crippen LogP contribution is 2.13. The second kappa shape index (κ2) is 14.2. The number of carbonyl (C=O) groups is 4. The number of esters is 2. The molecule has 1 heterocycles. The van der Waals surface area contributed by atoms with Crippen LogP contribution in [0.4, 0.5) is 4.79 Å². The quantitative estimate of drug-likeness (QED) is 0.361. The number of carbonyl (C=O) groups excluding carboxylic acids is 4. The third-order valence-electron chi connectivity index (χ3n) is 5.27. The fraction of sp³-hybridized carbons (Fsp3) is 0.852. The van der Waals surface area contributed by atoms with Crippen molar-refractivity contribution in [2.24, 2.45) is 0 Å². The van der Waals surface area contributed by atoms with Gasteiger partial charge in [0.05, 0.1) is 19.6 Å². The molecule has 0 aromatic rings. The summed E-state index contributed by atoms with van der Waals surface area (Å²) in [5.41, 5.74) is -1.93. The van der Waals surface area contributed by atoms with Crippen molar-refractivity contribution in [2.45, 2.75) is 92.1 Å². The van der Waals surface area contributed by atoms with E-state index in [-0.39, 0.29) is 44.0 Å².